The number of nitrogens with zero attached hydrogens (tertiary/aromatic N) is 2. The number of benzene rings is 2. The standard InChI is InChI=1S/C25H23ClF2N2O3/c1-24(13-25(27,28)14-24)15-33-21-10-9-20(12-22(21)32-2)30-16-29-19(11-23(30)31)8-5-17-3-6-18(26)7-4-17/h3-12,16H,13-15H2,1-2H3/b8-5+. The van der Waals surface area contributed by atoms with Gasteiger partial charge in [-0.15, -0.1) is 0 Å². The Kier molecular flexibility index (Phi) is 6.26. The van der Waals surface area contributed by atoms with Crippen molar-refractivity contribution in [2.45, 2.75) is 25.7 Å². The van der Waals surface area contributed by atoms with Crippen molar-refractivity contribution >= 4 is 23.8 Å². The van der Waals surface area contributed by atoms with Gasteiger partial charge in [0.05, 0.1) is 25.1 Å². The first-order valence-corrected chi connectivity index (χ1v) is 10.8. The average Bonchev–Trinajstić information content (AvgIpc) is 2.76. The van der Waals surface area contributed by atoms with Crippen molar-refractivity contribution in [2.75, 3.05) is 13.7 Å². The fraction of sp³-hybridized carbons (Fsp3) is 0.280. The van der Waals surface area contributed by atoms with Crippen molar-refractivity contribution < 1.29 is 18.3 Å². The van der Waals surface area contributed by atoms with Gasteiger partial charge in [-0.2, -0.15) is 0 Å². The molecule has 3 aromatic rings. The van der Waals surface area contributed by atoms with E-state index in [9.17, 15) is 13.6 Å². The summed E-state index contributed by atoms with van der Waals surface area (Å²) in [5, 5.41) is 0.651. The lowest BCUT2D eigenvalue weighted by atomic mass is 9.68. The summed E-state index contributed by atoms with van der Waals surface area (Å²) in [5.41, 5.74) is 1.17. The quantitative estimate of drug-likeness (QED) is 0.431. The minimum absolute atomic E-state index is 0.161. The molecule has 8 heteroatoms. The van der Waals surface area contributed by atoms with Gasteiger partial charge in [-0.3, -0.25) is 9.36 Å². The summed E-state index contributed by atoms with van der Waals surface area (Å²) >= 11 is 5.89. The predicted molar refractivity (Wildman–Crippen MR) is 125 cm³/mol. The highest BCUT2D eigenvalue weighted by molar-refractivity contribution is 6.30. The molecule has 1 fully saturated rings. The van der Waals surface area contributed by atoms with Gasteiger partial charge in [-0.1, -0.05) is 36.7 Å². The van der Waals surface area contributed by atoms with Gasteiger partial charge in [0.25, 0.3) is 5.56 Å². The molecule has 0 aliphatic heterocycles. The first-order valence-electron chi connectivity index (χ1n) is 10.4. The summed E-state index contributed by atoms with van der Waals surface area (Å²) in [5.74, 6) is -1.78. The molecule has 5 nitrogen and oxygen atoms in total. The fourth-order valence-electron chi connectivity index (χ4n) is 3.93. The van der Waals surface area contributed by atoms with Crippen LogP contribution in [-0.2, 0) is 0 Å². The molecule has 33 heavy (non-hydrogen) atoms. The summed E-state index contributed by atoms with van der Waals surface area (Å²) in [6, 6.07) is 13.8. The van der Waals surface area contributed by atoms with Crippen molar-refractivity contribution in [1.29, 1.82) is 0 Å². The van der Waals surface area contributed by atoms with Gasteiger partial charge >= 0.3 is 0 Å². The molecule has 1 aliphatic carbocycles. The number of rotatable bonds is 7. The second-order valence-electron chi connectivity index (χ2n) is 8.55. The summed E-state index contributed by atoms with van der Waals surface area (Å²) in [6.07, 6.45) is 4.64. The molecule has 0 spiro atoms. The van der Waals surface area contributed by atoms with Gasteiger partial charge in [0.1, 0.15) is 6.33 Å². The Bertz CT molecular complexity index is 1230. The zero-order valence-electron chi connectivity index (χ0n) is 18.2. The van der Waals surface area contributed by atoms with Crippen LogP contribution in [0.25, 0.3) is 17.8 Å². The summed E-state index contributed by atoms with van der Waals surface area (Å²) in [4.78, 5) is 17.0. The van der Waals surface area contributed by atoms with E-state index in [4.69, 9.17) is 21.1 Å². The number of hydrogen-bond acceptors (Lipinski definition) is 4. The highest BCUT2D eigenvalue weighted by atomic mass is 35.5. The largest absolute Gasteiger partial charge is 0.493 e. The summed E-state index contributed by atoms with van der Waals surface area (Å²) < 4.78 is 39.0. The van der Waals surface area contributed by atoms with E-state index in [0.29, 0.717) is 27.9 Å². The van der Waals surface area contributed by atoms with Crippen LogP contribution in [0.3, 0.4) is 0 Å². The van der Waals surface area contributed by atoms with Crippen molar-refractivity contribution in [3.63, 3.8) is 0 Å². The van der Waals surface area contributed by atoms with Crippen LogP contribution in [0.5, 0.6) is 11.5 Å². The van der Waals surface area contributed by atoms with Crippen LogP contribution in [0, 0.1) is 5.41 Å². The normalized spacial score (nSPS) is 16.4. The smallest absolute Gasteiger partial charge is 0.258 e. The lowest BCUT2D eigenvalue weighted by Crippen LogP contribution is -2.47. The van der Waals surface area contributed by atoms with Crippen molar-refractivity contribution in [3.8, 4) is 17.2 Å². The molecule has 0 radical (unpaired) electrons. The Morgan fingerprint density at radius 3 is 2.45 bits per heavy atom. The highest BCUT2D eigenvalue weighted by Gasteiger charge is 2.54. The Labute approximate surface area is 195 Å². The molecule has 0 N–H and O–H groups in total. The number of aromatic nitrogens is 2. The topological polar surface area (TPSA) is 53.4 Å². The molecule has 0 bridgehead atoms. The number of alkyl halides is 2. The molecular formula is C25H23ClF2N2O3. The van der Waals surface area contributed by atoms with Gasteiger partial charge < -0.3 is 9.47 Å². The third-order valence-electron chi connectivity index (χ3n) is 5.52. The van der Waals surface area contributed by atoms with E-state index in [1.54, 1.807) is 43.3 Å². The molecule has 1 heterocycles. The fourth-order valence-corrected chi connectivity index (χ4v) is 4.06. The van der Waals surface area contributed by atoms with E-state index in [0.717, 1.165) is 5.56 Å². The third-order valence-corrected chi connectivity index (χ3v) is 5.77. The Hall–Kier alpha value is -3.19. The van der Waals surface area contributed by atoms with E-state index in [-0.39, 0.29) is 25.0 Å². The molecule has 1 saturated carbocycles. The monoisotopic (exact) mass is 472 g/mol. The second kappa shape index (κ2) is 8.98. The van der Waals surface area contributed by atoms with Crippen LogP contribution in [0.2, 0.25) is 5.02 Å². The van der Waals surface area contributed by atoms with E-state index in [1.807, 2.05) is 18.2 Å². The molecule has 0 atom stereocenters. The van der Waals surface area contributed by atoms with Gasteiger partial charge in [0, 0.05) is 35.4 Å². The minimum Gasteiger partial charge on any atom is -0.493 e. The van der Waals surface area contributed by atoms with Crippen LogP contribution in [0.15, 0.2) is 59.7 Å². The van der Waals surface area contributed by atoms with E-state index < -0.39 is 11.3 Å². The number of hydrogen-bond donors (Lipinski definition) is 0. The molecule has 1 aliphatic rings. The first kappa shape index (κ1) is 23.0. The predicted octanol–water partition coefficient (Wildman–Crippen LogP) is 5.88. The summed E-state index contributed by atoms with van der Waals surface area (Å²) in [6.45, 7) is 1.94. The minimum atomic E-state index is -2.61. The maximum atomic E-state index is 13.2. The average molecular weight is 473 g/mol. The maximum Gasteiger partial charge on any atom is 0.258 e. The van der Waals surface area contributed by atoms with E-state index >= 15 is 0 Å². The number of ether oxygens (including phenoxy) is 2. The van der Waals surface area contributed by atoms with Gasteiger partial charge in [-0.05, 0) is 35.9 Å². The van der Waals surface area contributed by atoms with Gasteiger partial charge in [0.15, 0.2) is 11.5 Å². The molecule has 4 rings (SSSR count). The zero-order chi connectivity index (χ0) is 23.6. The molecular weight excluding hydrogens is 450 g/mol. The van der Waals surface area contributed by atoms with Gasteiger partial charge in [-0.25, -0.2) is 13.8 Å². The molecule has 2 aromatic carbocycles. The van der Waals surface area contributed by atoms with E-state index in [1.165, 1.54) is 24.1 Å². The molecule has 0 unspecified atom stereocenters. The molecule has 0 saturated heterocycles. The van der Waals surface area contributed by atoms with Gasteiger partial charge in [0.2, 0.25) is 5.92 Å². The van der Waals surface area contributed by atoms with Crippen molar-refractivity contribution in [2.24, 2.45) is 5.41 Å². The molecule has 0 amide bonds. The second-order valence-corrected chi connectivity index (χ2v) is 8.99. The highest BCUT2D eigenvalue weighted by Crippen LogP contribution is 2.52. The third kappa shape index (κ3) is 5.42. The maximum absolute atomic E-state index is 13.2. The van der Waals surface area contributed by atoms with Crippen LogP contribution >= 0.6 is 11.6 Å². The first-order chi connectivity index (χ1) is 15.7. The van der Waals surface area contributed by atoms with Crippen LogP contribution < -0.4 is 15.0 Å². The van der Waals surface area contributed by atoms with Crippen molar-refractivity contribution in [1.82, 2.24) is 9.55 Å². The van der Waals surface area contributed by atoms with Crippen LogP contribution in [0.1, 0.15) is 31.0 Å². The van der Waals surface area contributed by atoms with E-state index in [2.05, 4.69) is 4.98 Å². The number of halogens is 3. The van der Waals surface area contributed by atoms with Crippen molar-refractivity contribution in [3.05, 3.63) is 81.5 Å². The Morgan fingerprint density at radius 1 is 1.09 bits per heavy atom. The molecule has 1 aromatic heterocycles. The number of methoxy groups -OCH3 is 1. The lowest BCUT2D eigenvalue weighted by molar-refractivity contribution is -0.164. The Balaban J connectivity index is 1.49. The zero-order valence-corrected chi connectivity index (χ0v) is 19.0. The SMILES string of the molecule is COc1cc(-n2cnc(/C=C/c3ccc(Cl)cc3)cc2=O)ccc1OCC1(C)CC(F)(F)C1. The van der Waals surface area contributed by atoms with Crippen LogP contribution in [0.4, 0.5) is 8.78 Å². The summed E-state index contributed by atoms with van der Waals surface area (Å²) in [7, 11) is 1.48. The van der Waals surface area contributed by atoms with Crippen LogP contribution in [-0.4, -0.2) is 29.2 Å². The Morgan fingerprint density at radius 2 is 1.82 bits per heavy atom. The molecule has 172 valence electrons. The lowest BCUT2D eigenvalue weighted by Gasteiger charge is -2.44.